The first-order valence-corrected chi connectivity index (χ1v) is 11.9. The zero-order valence-electron chi connectivity index (χ0n) is 18.4. The van der Waals surface area contributed by atoms with Crippen molar-refractivity contribution in [3.63, 3.8) is 0 Å². The average molecular weight is 432 g/mol. The summed E-state index contributed by atoms with van der Waals surface area (Å²) in [6.45, 7) is 11.0. The van der Waals surface area contributed by atoms with Gasteiger partial charge in [0.25, 0.3) is 10.1 Å². The standard InChI is InChI=1S/C24H33NO4S/c1-19-10-12-21(13-11-19)30(26,27)29-22(16-24(2,3)4)23-18-25(14-15-28-23)17-20-8-6-5-7-9-20/h5-13,22-23H,14-18H2,1-4H3. The highest BCUT2D eigenvalue weighted by molar-refractivity contribution is 7.86. The van der Waals surface area contributed by atoms with Gasteiger partial charge in [-0.15, -0.1) is 0 Å². The lowest BCUT2D eigenvalue weighted by atomic mass is 9.87. The Hall–Kier alpha value is -1.73. The molecule has 0 aromatic heterocycles. The third-order valence-corrected chi connectivity index (χ3v) is 6.56. The SMILES string of the molecule is Cc1ccc(S(=O)(=O)OC(CC(C)(C)C)C2CN(Cc3ccccc3)CCO2)cc1. The molecule has 0 amide bonds. The second-order valence-electron chi connectivity index (χ2n) is 9.30. The van der Waals surface area contributed by atoms with E-state index in [1.165, 1.54) is 5.56 Å². The van der Waals surface area contributed by atoms with E-state index in [0.29, 0.717) is 19.6 Å². The van der Waals surface area contributed by atoms with Crippen LogP contribution in [0.25, 0.3) is 0 Å². The molecule has 164 valence electrons. The van der Waals surface area contributed by atoms with Gasteiger partial charge in [-0.25, -0.2) is 0 Å². The van der Waals surface area contributed by atoms with Crippen LogP contribution >= 0.6 is 0 Å². The Kier molecular flexibility index (Phi) is 7.34. The lowest BCUT2D eigenvalue weighted by Gasteiger charge is -2.38. The van der Waals surface area contributed by atoms with Gasteiger partial charge in [0.2, 0.25) is 0 Å². The van der Waals surface area contributed by atoms with Gasteiger partial charge in [0.15, 0.2) is 0 Å². The number of aryl methyl sites for hydroxylation is 1. The van der Waals surface area contributed by atoms with Crippen molar-refractivity contribution in [2.24, 2.45) is 5.41 Å². The minimum absolute atomic E-state index is 0.0987. The summed E-state index contributed by atoms with van der Waals surface area (Å²) >= 11 is 0. The van der Waals surface area contributed by atoms with Crippen molar-refractivity contribution in [1.29, 1.82) is 0 Å². The van der Waals surface area contributed by atoms with E-state index in [2.05, 4.69) is 37.8 Å². The van der Waals surface area contributed by atoms with E-state index in [0.717, 1.165) is 18.7 Å². The van der Waals surface area contributed by atoms with Crippen molar-refractivity contribution in [1.82, 2.24) is 4.90 Å². The molecular formula is C24H33NO4S. The van der Waals surface area contributed by atoms with E-state index in [1.807, 2.05) is 25.1 Å². The minimum Gasteiger partial charge on any atom is -0.373 e. The van der Waals surface area contributed by atoms with Crippen molar-refractivity contribution >= 4 is 10.1 Å². The molecule has 2 unspecified atom stereocenters. The zero-order chi connectivity index (χ0) is 21.8. The second kappa shape index (κ2) is 9.60. The topological polar surface area (TPSA) is 55.8 Å². The summed E-state index contributed by atoms with van der Waals surface area (Å²) in [7, 11) is -3.87. The number of rotatable bonds is 7. The molecule has 2 atom stereocenters. The number of morpholine rings is 1. The third-order valence-electron chi connectivity index (χ3n) is 5.21. The molecule has 2 aromatic carbocycles. The van der Waals surface area contributed by atoms with Gasteiger partial charge in [0.1, 0.15) is 6.10 Å². The van der Waals surface area contributed by atoms with E-state index in [9.17, 15) is 8.42 Å². The average Bonchev–Trinajstić information content (AvgIpc) is 2.68. The second-order valence-corrected chi connectivity index (χ2v) is 10.9. The fourth-order valence-corrected chi connectivity index (χ4v) is 4.79. The lowest BCUT2D eigenvalue weighted by molar-refractivity contribution is -0.0893. The summed E-state index contributed by atoms with van der Waals surface area (Å²) in [4.78, 5) is 2.49. The highest BCUT2D eigenvalue weighted by Gasteiger charge is 2.35. The maximum atomic E-state index is 13.0. The normalized spacial score (nSPS) is 19.5. The number of benzene rings is 2. The van der Waals surface area contributed by atoms with E-state index in [-0.39, 0.29) is 16.4 Å². The summed E-state index contributed by atoms with van der Waals surface area (Å²) in [6, 6.07) is 17.1. The van der Waals surface area contributed by atoms with E-state index < -0.39 is 16.2 Å². The molecule has 0 spiro atoms. The minimum atomic E-state index is -3.87. The van der Waals surface area contributed by atoms with Crippen LogP contribution in [-0.2, 0) is 25.6 Å². The van der Waals surface area contributed by atoms with Crippen molar-refractivity contribution in [2.45, 2.75) is 57.8 Å². The van der Waals surface area contributed by atoms with Crippen LogP contribution in [0.3, 0.4) is 0 Å². The van der Waals surface area contributed by atoms with Crippen LogP contribution in [0, 0.1) is 12.3 Å². The predicted molar refractivity (Wildman–Crippen MR) is 119 cm³/mol. The summed E-state index contributed by atoms with van der Waals surface area (Å²) in [5.41, 5.74) is 2.14. The molecule has 3 rings (SSSR count). The maximum absolute atomic E-state index is 13.0. The fourth-order valence-electron chi connectivity index (χ4n) is 3.70. The molecule has 1 fully saturated rings. The van der Waals surface area contributed by atoms with Gasteiger partial charge in [-0.05, 0) is 36.5 Å². The molecule has 1 saturated heterocycles. The highest BCUT2D eigenvalue weighted by Crippen LogP contribution is 2.29. The molecule has 1 aliphatic rings. The van der Waals surface area contributed by atoms with Crippen LogP contribution < -0.4 is 0 Å². The first-order chi connectivity index (χ1) is 14.1. The molecule has 2 aromatic rings. The van der Waals surface area contributed by atoms with E-state index in [1.54, 1.807) is 24.3 Å². The largest absolute Gasteiger partial charge is 0.373 e. The van der Waals surface area contributed by atoms with Gasteiger partial charge in [-0.2, -0.15) is 8.42 Å². The molecule has 1 aliphatic heterocycles. The smallest absolute Gasteiger partial charge is 0.297 e. The Morgan fingerprint density at radius 1 is 1.10 bits per heavy atom. The van der Waals surface area contributed by atoms with Crippen LogP contribution in [0.2, 0.25) is 0 Å². The summed E-state index contributed by atoms with van der Waals surface area (Å²) in [6.07, 6.45) is -0.265. The zero-order valence-corrected chi connectivity index (χ0v) is 19.2. The van der Waals surface area contributed by atoms with Crippen molar-refractivity contribution in [3.8, 4) is 0 Å². The Bertz CT molecular complexity index is 904. The molecule has 30 heavy (non-hydrogen) atoms. The summed E-state index contributed by atoms with van der Waals surface area (Å²) in [5, 5.41) is 0. The van der Waals surface area contributed by atoms with Gasteiger partial charge < -0.3 is 4.74 Å². The van der Waals surface area contributed by atoms with Gasteiger partial charge in [0.05, 0.1) is 17.6 Å². The Labute approximate surface area is 181 Å². The summed E-state index contributed by atoms with van der Waals surface area (Å²) in [5.74, 6) is 0. The van der Waals surface area contributed by atoms with Gasteiger partial charge in [0, 0.05) is 19.6 Å². The number of ether oxygens (including phenoxy) is 1. The van der Waals surface area contributed by atoms with Crippen LogP contribution in [0.5, 0.6) is 0 Å². The van der Waals surface area contributed by atoms with Crippen LogP contribution in [0.1, 0.15) is 38.3 Å². The number of hydrogen-bond acceptors (Lipinski definition) is 5. The first-order valence-electron chi connectivity index (χ1n) is 10.5. The molecule has 0 radical (unpaired) electrons. The monoisotopic (exact) mass is 431 g/mol. The van der Waals surface area contributed by atoms with Crippen molar-refractivity contribution in [2.75, 3.05) is 19.7 Å². The van der Waals surface area contributed by atoms with Crippen LogP contribution in [-0.4, -0.2) is 45.2 Å². The maximum Gasteiger partial charge on any atom is 0.297 e. The highest BCUT2D eigenvalue weighted by atomic mass is 32.2. The van der Waals surface area contributed by atoms with Gasteiger partial charge >= 0.3 is 0 Å². The molecular weight excluding hydrogens is 398 g/mol. The Morgan fingerprint density at radius 2 is 1.77 bits per heavy atom. The molecule has 0 saturated carbocycles. The third kappa shape index (κ3) is 6.64. The molecule has 5 nitrogen and oxygen atoms in total. The van der Waals surface area contributed by atoms with Crippen LogP contribution in [0.4, 0.5) is 0 Å². The molecule has 0 aliphatic carbocycles. The lowest BCUT2D eigenvalue weighted by Crippen LogP contribution is -2.49. The first kappa shape index (κ1) is 22.9. The van der Waals surface area contributed by atoms with Gasteiger partial charge in [-0.1, -0.05) is 68.8 Å². The Balaban J connectivity index is 1.76. The van der Waals surface area contributed by atoms with E-state index >= 15 is 0 Å². The van der Waals surface area contributed by atoms with E-state index in [4.69, 9.17) is 8.92 Å². The molecule has 6 heteroatoms. The fraction of sp³-hybridized carbons (Fsp3) is 0.500. The predicted octanol–water partition coefficient (Wildman–Crippen LogP) is 4.41. The molecule has 0 N–H and O–H groups in total. The molecule has 0 bridgehead atoms. The summed E-state index contributed by atoms with van der Waals surface area (Å²) < 4.78 is 37.7. The van der Waals surface area contributed by atoms with Crippen LogP contribution in [0.15, 0.2) is 59.5 Å². The van der Waals surface area contributed by atoms with Crippen molar-refractivity contribution in [3.05, 3.63) is 65.7 Å². The number of nitrogens with zero attached hydrogens (tertiary/aromatic N) is 1. The van der Waals surface area contributed by atoms with Gasteiger partial charge in [-0.3, -0.25) is 9.08 Å². The quantitative estimate of drug-likeness (QED) is 0.608. The van der Waals surface area contributed by atoms with Crippen molar-refractivity contribution < 1.29 is 17.3 Å². The Morgan fingerprint density at radius 3 is 2.40 bits per heavy atom. The molecule has 1 heterocycles. The number of hydrogen-bond donors (Lipinski definition) is 0.